The molecule has 2 aliphatic rings. The van der Waals surface area contributed by atoms with Gasteiger partial charge in [-0.05, 0) is 91.8 Å². The van der Waals surface area contributed by atoms with Gasteiger partial charge in [-0.15, -0.1) is 0 Å². The molecule has 2 aromatic carbocycles. The Kier molecular flexibility index (Phi) is 14.8. The van der Waals surface area contributed by atoms with Gasteiger partial charge < -0.3 is 45.8 Å². The van der Waals surface area contributed by atoms with Crippen LogP contribution in [0.1, 0.15) is 87.8 Å². The molecule has 5 rings (SSSR count). The number of pyridine rings is 1. The smallest absolute Gasteiger partial charge is 0.222 e. The normalized spacial score (nSPS) is 17.6. The summed E-state index contributed by atoms with van der Waals surface area (Å²) < 4.78 is 6.27. The summed E-state index contributed by atoms with van der Waals surface area (Å²) in [6.45, 7) is 3.69. The molecular formula is C41H55ClN4O8. The first kappa shape index (κ1) is 41.5. The van der Waals surface area contributed by atoms with Crippen molar-refractivity contribution in [3.05, 3.63) is 82.6 Å². The molecule has 1 unspecified atom stereocenters. The van der Waals surface area contributed by atoms with Crippen molar-refractivity contribution in [2.45, 2.75) is 114 Å². The number of amides is 2. The molecule has 2 amide bonds. The molecule has 0 radical (unpaired) electrons. The number of halogens is 1. The van der Waals surface area contributed by atoms with Crippen LogP contribution in [0.5, 0.6) is 5.75 Å². The number of hydrogen-bond acceptors (Lipinski definition) is 10. The van der Waals surface area contributed by atoms with E-state index in [1.807, 2.05) is 42.7 Å². The lowest BCUT2D eigenvalue weighted by atomic mass is 9.93. The van der Waals surface area contributed by atoms with Crippen molar-refractivity contribution in [3.8, 4) is 16.9 Å². The van der Waals surface area contributed by atoms with Crippen molar-refractivity contribution in [2.75, 3.05) is 26.2 Å². The van der Waals surface area contributed by atoms with Crippen LogP contribution in [0.4, 0.5) is 0 Å². The molecule has 0 spiro atoms. The number of rotatable bonds is 22. The predicted octanol–water partition coefficient (Wildman–Crippen LogP) is 3.79. The third-order valence-electron chi connectivity index (χ3n) is 10.4. The van der Waals surface area contributed by atoms with Crippen molar-refractivity contribution >= 4 is 23.4 Å². The maximum Gasteiger partial charge on any atom is 0.222 e. The number of hydrogen-bond donors (Lipinski definition) is 7. The lowest BCUT2D eigenvalue weighted by Crippen LogP contribution is -2.51. The number of carbonyl (C=O) groups is 2. The van der Waals surface area contributed by atoms with Crippen molar-refractivity contribution in [1.82, 2.24) is 20.5 Å². The molecule has 3 aromatic rings. The fraction of sp³-hybridized carbons (Fsp3) is 0.537. The fourth-order valence-electron chi connectivity index (χ4n) is 6.76. The molecule has 0 saturated heterocycles. The zero-order chi connectivity index (χ0) is 38.8. The molecular weight excluding hydrogens is 712 g/mol. The average molecular weight is 767 g/mol. The Morgan fingerprint density at radius 2 is 1.76 bits per heavy atom. The van der Waals surface area contributed by atoms with Crippen LogP contribution < -0.4 is 15.4 Å². The maximum atomic E-state index is 13.3. The highest BCUT2D eigenvalue weighted by Crippen LogP contribution is 2.50. The summed E-state index contributed by atoms with van der Waals surface area (Å²) >= 11 is 6.73. The number of nitrogens with one attached hydrogen (secondary N) is 2. The zero-order valence-corrected chi connectivity index (χ0v) is 31.9. The Morgan fingerprint density at radius 1 is 1.02 bits per heavy atom. The Balaban J connectivity index is 1.19. The topological polar surface area (TPSA) is 185 Å². The monoisotopic (exact) mass is 766 g/mol. The van der Waals surface area contributed by atoms with Gasteiger partial charge in [-0.2, -0.15) is 0 Å². The van der Waals surface area contributed by atoms with Gasteiger partial charge in [-0.1, -0.05) is 48.9 Å². The first-order valence-corrected chi connectivity index (χ1v) is 19.5. The van der Waals surface area contributed by atoms with E-state index < -0.39 is 31.0 Å². The van der Waals surface area contributed by atoms with Crippen LogP contribution in [0.3, 0.4) is 0 Å². The summed E-state index contributed by atoms with van der Waals surface area (Å²) in [5.74, 6) is 0.415. The van der Waals surface area contributed by atoms with E-state index in [1.54, 1.807) is 6.92 Å². The Bertz CT molecular complexity index is 1700. The van der Waals surface area contributed by atoms with E-state index >= 15 is 0 Å². The second-order valence-corrected chi connectivity index (χ2v) is 15.1. The van der Waals surface area contributed by atoms with Crippen LogP contribution in [0, 0.1) is 0 Å². The van der Waals surface area contributed by atoms with Gasteiger partial charge >= 0.3 is 0 Å². The van der Waals surface area contributed by atoms with Crippen molar-refractivity contribution in [1.29, 1.82) is 0 Å². The standard InChI is InChI=1S/C41H55ClN4O8/c1-3-44-37(50)16-20-46(24-34(48)39(52)40(53)35(49)25-47)38(51)10-6-7-26(2)27-11-14-33(42)28(21-27)22-45-41(17-18-41)32-23-43-19-15-30(32)31-8-4-5-9-36(31)54-29-12-13-29/h4-5,8-9,11,14-15,19,21,23,26,29,34-35,39-40,45,47-49,52-53H,3,6-7,10,12-13,16-18,20,22,24-25H2,1-2H3,(H,44,50)/t26?,34-,35+,39+,40+/m0/s1. The minimum Gasteiger partial charge on any atom is -0.490 e. The van der Waals surface area contributed by atoms with Crippen LogP contribution >= 0.6 is 11.6 Å². The fourth-order valence-corrected chi connectivity index (χ4v) is 6.94. The molecule has 13 heteroatoms. The molecule has 1 aromatic heterocycles. The van der Waals surface area contributed by atoms with Gasteiger partial charge in [-0.25, -0.2) is 0 Å². The third kappa shape index (κ3) is 11.0. The molecule has 0 bridgehead atoms. The Hall–Kier alpha value is -3.62. The van der Waals surface area contributed by atoms with Crippen molar-refractivity contribution in [2.24, 2.45) is 0 Å². The molecule has 54 heavy (non-hydrogen) atoms. The molecule has 12 nitrogen and oxygen atoms in total. The maximum absolute atomic E-state index is 13.3. The molecule has 0 aliphatic heterocycles. The van der Waals surface area contributed by atoms with E-state index in [1.165, 1.54) is 4.90 Å². The largest absolute Gasteiger partial charge is 0.490 e. The molecule has 2 fully saturated rings. The minimum atomic E-state index is -1.82. The Labute approximate surface area is 322 Å². The van der Waals surface area contributed by atoms with Crippen LogP contribution in [0.15, 0.2) is 60.9 Å². The van der Waals surface area contributed by atoms with E-state index in [0.29, 0.717) is 31.0 Å². The first-order valence-electron chi connectivity index (χ1n) is 19.1. The van der Waals surface area contributed by atoms with Crippen molar-refractivity contribution in [3.63, 3.8) is 0 Å². The highest BCUT2D eigenvalue weighted by Gasteiger charge is 2.46. The number of ether oxygens (including phenoxy) is 1. The first-order chi connectivity index (χ1) is 26.0. The van der Waals surface area contributed by atoms with Gasteiger partial charge in [0.25, 0.3) is 0 Å². The highest BCUT2D eigenvalue weighted by atomic mass is 35.5. The van der Waals surface area contributed by atoms with Gasteiger partial charge in [0.15, 0.2) is 0 Å². The summed E-state index contributed by atoms with van der Waals surface area (Å²) in [6, 6.07) is 16.3. The summed E-state index contributed by atoms with van der Waals surface area (Å²) in [5, 5.41) is 56.9. The lowest BCUT2D eigenvalue weighted by molar-refractivity contribution is -0.140. The highest BCUT2D eigenvalue weighted by molar-refractivity contribution is 6.31. The van der Waals surface area contributed by atoms with Crippen LogP contribution in [-0.2, 0) is 21.7 Å². The second-order valence-electron chi connectivity index (χ2n) is 14.7. The summed E-state index contributed by atoms with van der Waals surface area (Å²) in [6.07, 6.45) is 2.62. The predicted molar refractivity (Wildman–Crippen MR) is 206 cm³/mol. The zero-order valence-electron chi connectivity index (χ0n) is 31.2. The van der Waals surface area contributed by atoms with Gasteiger partial charge in [-0.3, -0.25) is 14.6 Å². The molecule has 1 heterocycles. The third-order valence-corrected chi connectivity index (χ3v) is 10.8. The number of nitrogens with zero attached hydrogens (tertiary/aromatic N) is 2. The SMILES string of the molecule is CCNC(=O)CCN(C[C@H](O)[C@@H](O)[C@H](O)[C@H](O)CO)C(=O)CCCC(C)c1ccc(Cl)c(CNC2(c3cnccc3-c3ccccc3OC3CC3)CC2)c1. The van der Waals surface area contributed by atoms with E-state index in [0.717, 1.165) is 59.3 Å². The molecule has 2 saturated carbocycles. The quantitative estimate of drug-likeness (QED) is 0.0795. The molecule has 294 valence electrons. The van der Waals surface area contributed by atoms with Crippen molar-refractivity contribution < 1.29 is 39.9 Å². The van der Waals surface area contributed by atoms with E-state index in [2.05, 4.69) is 40.7 Å². The number of aliphatic hydroxyl groups excluding tert-OH is 5. The average Bonchev–Trinajstić information content (AvgIpc) is 4.13. The lowest BCUT2D eigenvalue weighted by Gasteiger charge is -2.30. The van der Waals surface area contributed by atoms with Crippen LogP contribution in [0.2, 0.25) is 5.02 Å². The number of carbonyl (C=O) groups excluding carboxylic acids is 2. The number of benzene rings is 2. The number of aromatic nitrogens is 1. The van der Waals surface area contributed by atoms with Crippen LogP contribution in [0.25, 0.3) is 11.1 Å². The molecule has 7 N–H and O–H groups in total. The molecule has 2 aliphatic carbocycles. The minimum absolute atomic E-state index is 0.00102. The summed E-state index contributed by atoms with van der Waals surface area (Å²) in [5.41, 5.74) is 5.15. The number of aliphatic hydroxyl groups is 5. The molecule has 5 atom stereocenters. The van der Waals surface area contributed by atoms with Gasteiger partial charge in [0.05, 0.1) is 12.7 Å². The van der Waals surface area contributed by atoms with E-state index in [-0.39, 0.29) is 55.3 Å². The Morgan fingerprint density at radius 3 is 2.46 bits per heavy atom. The van der Waals surface area contributed by atoms with E-state index in [4.69, 9.17) is 21.4 Å². The van der Waals surface area contributed by atoms with Gasteiger partial charge in [0.1, 0.15) is 30.2 Å². The van der Waals surface area contributed by atoms with Gasteiger partial charge in [0, 0.05) is 67.5 Å². The summed E-state index contributed by atoms with van der Waals surface area (Å²) in [4.78, 5) is 31.3. The number of para-hydroxylation sites is 1. The van der Waals surface area contributed by atoms with Gasteiger partial charge in [0.2, 0.25) is 11.8 Å². The van der Waals surface area contributed by atoms with Crippen LogP contribution in [-0.4, -0.2) is 104 Å². The summed E-state index contributed by atoms with van der Waals surface area (Å²) in [7, 11) is 0. The second kappa shape index (κ2) is 19.3. The van der Waals surface area contributed by atoms with E-state index in [9.17, 15) is 30.0 Å².